The van der Waals surface area contributed by atoms with Crippen LogP contribution in [-0.4, -0.2) is 0 Å². The molecule has 0 fully saturated rings. The van der Waals surface area contributed by atoms with Crippen LogP contribution in [0.2, 0.25) is 0 Å². The Balaban J connectivity index is 3.07. The van der Waals surface area contributed by atoms with E-state index < -0.39 is 0 Å². The lowest BCUT2D eigenvalue weighted by Crippen LogP contribution is -1.80. The van der Waals surface area contributed by atoms with E-state index in [0.717, 1.165) is 15.4 Å². The fourth-order valence-electron chi connectivity index (χ4n) is 0.742. The van der Waals surface area contributed by atoms with Crippen LogP contribution in [0.4, 0.5) is 0 Å². The summed E-state index contributed by atoms with van der Waals surface area (Å²) in [5.41, 5.74) is 1.29. The molecule has 1 rings (SSSR count). The molecule has 0 atom stereocenters. The monoisotopic (exact) mass is 261 g/mol. The van der Waals surface area contributed by atoms with Gasteiger partial charge in [-0.25, -0.2) is 0 Å². The highest BCUT2D eigenvalue weighted by Crippen LogP contribution is 2.21. The standard InChI is InChI=1S/C8H7Br2/c1-2-6-3-4-7(9)5-8(6)10/h3,5H,2H2,1H3. The van der Waals surface area contributed by atoms with Crippen molar-refractivity contribution in [2.75, 3.05) is 0 Å². The summed E-state index contributed by atoms with van der Waals surface area (Å²) in [6, 6.07) is 7.09. The van der Waals surface area contributed by atoms with E-state index in [4.69, 9.17) is 0 Å². The maximum absolute atomic E-state index is 3.46. The van der Waals surface area contributed by atoms with Gasteiger partial charge >= 0.3 is 0 Å². The van der Waals surface area contributed by atoms with Gasteiger partial charge in [-0.15, -0.1) is 0 Å². The van der Waals surface area contributed by atoms with E-state index in [-0.39, 0.29) is 0 Å². The van der Waals surface area contributed by atoms with E-state index >= 15 is 0 Å². The highest BCUT2D eigenvalue weighted by Gasteiger charge is 1.96. The van der Waals surface area contributed by atoms with E-state index in [0.29, 0.717) is 0 Å². The highest BCUT2D eigenvalue weighted by atomic mass is 79.9. The van der Waals surface area contributed by atoms with E-state index in [1.54, 1.807) is 0 Å². The third-order valence-electron chi connectivity index (χ3n) is 1.33. The van der Waals surface area contributed by atoms with Crippen molar-refractivity contribution in [2.45, 2.75) is 13.3 Å². The number of benzene rings is 1. The minimum absolute atomic E-state index is 0.997. The van der Waals surface area contributed by atoms with Crippen molar-refractivity contribution in [1.29, 1.82) is 0 Å². The summed E-state index contributed by atoms with van der Waals surface area (Å²) >= 11 is 6.80. The second-order valence-corrected chi connectivity index (χ2v) is 3.72. The van der Waals surface area contributed by atoms with Gasteiger partial charge in [0.05, 0.1) is 0 Å². The van der Waals surface area contributed by atoms with Crippen molar-refractivity contribution in [2.24, 2.45) is 0 Å². The summed E-state index contributed by atoms with van der Waals surface area (Å²) in [6.07, 6.45) is 1.05. The summed E-state index contributed by atoms with van der Waals surface area (Å²) in [6.45, 7) is 2.13. The normalized spacial score (nSPS) is 9.90. The highest BCUT2D eigenvalue weighted by molar-refractivity contribution is 9.11. The first-order chi connectivity index (χ1) is 4.74. The molecule has 0 bridgehead atoms. The molecule has 0 aromatic heterocycles. The first-order valence-corrected chi connectivity index (χ1v) is 4.68. The van der Waals surface area contributed by atoms with Gasteiger partial charge in [-0.2, -0.15) is 0 Å². The van der Waals surface area contributed by atoms with Crippen LogP contribution in [0, 0.1) is 6.07 Å². The number of rotatable bonds is 1. The van der Waals surface area contributed by atoms with E-state index in [1.807, 2.05) is 12.1 Å². The Bertz CT molecular complexity index is 231. The molecule has 1 radical (unpaired) electrons. The SMILES string of the molecule is CCc1c[c]c(Br)cc1Br. The van der Waals surface area contributed by atoms with Crippen LogP contribution in [0.5, 0.6) is 0 Å². The fourth-order valence-corrected chi connectivity index (χ4v) is 2.02. The maximum atomic E-state index is 3.46. The average molecular weight is 263 g/mol. The van der Waals surface area contributed by atoms with Gasteiger partial charge in [-0.05, 0) is 30.2 Å². The van der Waals surface area contributed by atoms with Gasteiger partial charge < -0.3 is 0 Å². The van der Waals surface area contributed by atoms with Crippen molar-refractivity contribution >= 4 is 31.9 Å². The summed E-state index contributed by atoms with van der Waals surface area (Å²) in [5, 5.41) is 0. The molecule has 0 saturated heterocycles. The van der Waals surface area contributed by atoms with Crippen LogP contribution in [0.3, 0.4) is 0 Å². The third kappa shape index (κ3) is 1.83. The largest absolute Gasteiger partial charge is 0.0613 e. The predicted octanol–water partition coefficient (Wildman–Crippen LogP) is 3.57. The van der Waals surface area contributed by atoms with Crippen LogP contribution in [0.25, 0.3) is 0 Å². The van der Waals surface area contributed by atoms with Crippen molar-refractivity contribution in [1.82, 2.24) is 0 Å². The summed E-state index contributed by atoms with van der Waals surface area (Å²) in [4.78, 5) is 0. The van der Waals surface area contributed by atoms with Crippen molar-refractivity contribution in [3.63, 3.8) is 0 Å². The van der Waals surface area contributed by atoms with Gasteiger partial charge in [0.2, 0.25) is 0 Å². The molecule has 0 amide bonds. The summed E-state index contributed by atoms with van der Waals surface area (Å²) in [7, 11) is 0. The number of aryl methyl sites for hydroxylation is 1. The zero-order valence-corrected chi connectivity index (χ0v) is 8.79. The van der Waals surface area contributed by atoms with Crippen molar-refractivity contribution in [3.05, 3.63) is 32.7 Å². The summed E-state index contributed by atoms with van der Waals surface area (Å²) in [5.74, 6) is 0. The molecule has 0 nitrogen and oxygen atoms in total. The lowest BCUT2D eigenvalue weighted by Gasteiger charge is -1.99. The van der Waals surface area contributed by atoms with Crippen LogP contribution in [-0.2, 0) is 6.42 Å². The van der Waals surface area contributed by atoms with Crippen LogP contribution in [0.15, 0.2) is 21.1 Å². The van der Waals surface area contributed by atoms with Gasteiger partial charge in [-0.1, -0.05) is 38.8 Å². The molecule has 0 aliphatic rings. The van der Waals surface area contributed by atoms with E-state index in [9.17, 15) is 0 Å². The van der Waals surface area contributed by atoms with Crippen LogP contribution >= 0.6 is 31.9 Å². The Labute approximate surface area is 77.9 Å². The molecule has 0 aliphatic carbocycles. The molecule has 0 N–H and O–H groups in total. The summed E-state index contributed by atoms with van der Waals surface area (Å²) < 4.78 is 2.15. The third-order valence-corrected chi connectivity index (χ3v) is 2.52. The lowest BCUT2D eigenvalue weighted by molar-refractivity contribution is 1.12. The zero-order valence-electron chi connectivity index (χ0n) is 5.62. The van der Waals surface area contributed by atoms with Crippen LogP contribution < -0.4 is 0 Å². The topological polar surface area (TPSA) is 0 Å². The predicted molar refractivity (Wildman–Crippen MR) is 50.1 cm³/mol. The number of halogens is 2. The molecule has 2 heteroatoms. The van der Waals surface area contributed by atoms with Gasteiger partial charge in [0.1, 0.15) is 0 Å². The second-order valence-electron chi connectivity index (χ2n) is 2.01. The lowest BCUT2D eigenvalue weighted by atomic mass is 10.2. The molecule has 0 aliphatic heterocycles. The number of hydrogen-bond donors (Lipinski definition) is 0. The van der Waals surface area contributed by atoms with Crippen LogP contribution in [0.1, 0.15) is 12.5 Å². The molecule has 1 aromatic carbocycles. The molecule has 0 saturated carbocycles. The molecule has 10 heavy (non-hydrogen) atoms. The van der Waals surface area contributed by atoms with Gasteiger partial charge in [0.25, 0.3) is 0 Å². The quantitative estimate of drug-likeness (QED) is 0.726. The Hall–Kier alpha value is 0.180. The molecule has 53 valence electrons. The smallest absolute Gasteiger partial charge is 0.0265 e. The van der Waals surface area contributed by atoms with E-state index in [1.165, 1.54) is 5.56 Å². The Kier molecular flexibility index (Phi) is 2.93. The van der Waals surface area contributed by atoms with Gasteiger partial charge in [-0.3, -0.25) is 0 Å². The van der Waals surface area contributed by atoms with Crippen molar-refractivity contribution < 1.29 is 0 Å². The molecule has 0 spiro atoms. The average Bonchev–Trinajstić information content (AvgIpc) is 1.88. The minimum Gasteiger partial charge on any atom is -0.0613 e. The zero-order chi connectivity index (χ0) is 7.56. The minimum atomic E-state index is 0.997. The molecule has 1 aromatic rings. The molecule has 0 unspecified atom stereocenters. The molecule has 0 heterocycles. The van der Waals surface area contributed by atoms with Gasteiger partial charge in [0.15, 0.2) is 0 Å². The first kappa shape index (κ1) is 8.28. The first-order valence-electron chi connectivity index (χ1n) is 3.09. The van der Waals surface area contributed by atoms with Crippen molar-refractivity contribution in [3.8, 4) is 0 Å². The fraction of sp³-hybridized carbons (Fsp3) is 0.250. The Morgan fingerprint density at radius 3 is 2.70 bits per heavy atom. The second kappa shape index (κ2) is 3.54. The Morgan fingerprint density at radius 2 is 2.20 bits per heavy atom. The maximum Gasteiger partial charge on any atom is 0.0265 e. The van der Waals surface area contributed by atoms with E-state index in [2.05, 4.69) is 44.8 Å². The molecular weight excluding hydrogens is 256 g/mol. The van der Waals surface area contributed by atoms with Gasteiger partial charge in [0, 0.05) is 8.95 Å². The molecular formula is C8H7Br2. The number of hydrogen-bond acceptors (Lipinski definition) is 0. The Morgan fingerprint density at radius 1 is 1.50 bits per heavy atom.